The fourth-order valence-electron chi connectivity index (χ4n) is 3.39. The second-order valence-electron chi connectivity index (χ2n) is 7.10. The molecule has 170 valence electrons. The van der Waals surface area contributed by atoms with Gasteiger partial charge in [0.2, 0.25) is 10.0 Å². The molecule has 0 radical (unpaired) electrons. The number of halogens is 2. The van der Waals surface area contributed by atoms with Gasteiger partial charge < -0.3 is 5.11 Å². The first kappa shape index (κ1) is 22.6. The van der Waals surface area contributed by atoms with Crippen LogP contribution in [0.2, 0.25) is 0 Å². The van der Waals surface area contributed by atoms with Crippen LogP contribution in [0.5, 0.6) is 5.75 Å². The highest BCUT2D eigenvalue weighted by Gasteiger charge is 2.31. The van der Waals surface area contributed by atoms with Gasteiger partial charge in [-0.25, -0.2) is 35.1 Å². The van der Waals surface area contributed by atoms with Crippen LogP contribution in [0.3, 0.4) is 0 Å². The number of aromatic hydroxyl groups is 1. The monoisotopic (exact) mass is 490 g/mol. The van der Waals surface area contributed by atoms with Crippen LogP contribution in [0, 0.1) is 11.6 Å². The Morgan fingerprint density at radius 3 is 1.85 bits per heavy atom. The first-order valence-corrected chi connectivity index (χ1v) is 12.3. The van der Waals surface area contributed by atoms with E-state index in [1.807, 2.05) is 0 Å². The summed E-state index contributed by atoms with van der Waals surface area (Å²) in [5, 5.41) is 15.3. The van der Waals surface area contributed by atoms with Crippen LogP contribution in [-0.4, -0.2) is 21.9 Å². The number of nitrogens with two attached hydrogens (primary N) is 1. The lowest BCUT2D eigenvalue weighted by molar-refractivity contribution is 0.476. The van der Waals surface area contributed by atoms with Crippen molar-refractivity contribution in [3.8, 4) is 5.75 Å². The molecule has 0 bridgehead atoms. The summed E-state index contributed by atoms with van der Waals surface area (Å²) in [5.74, 6) is -1.76. The van der Waals surface area contributed by atoms with Crippen LogP contribution >= 0.6 is 0 Å². The van der Waals surface area contributed by atoms with E-state index in [-0.39, 0.29) is 27.9 Å². The van der Waals surface area contributed by atoms with Gasteiger partial charge in [-0.1, -0.05) is 18.2 Å². The van der Waals surface area contributed by atoms with E-state index in [4.69, 9.17) is 5.14 Å². The molecular weight excluding hydrogens is 474 g/mol. The minimum Gasteiger partial charge on any atom is -0.508 e. The van der Waals surface area contributed by atoms with Gasteiger partial charge in [0.15, 0.2) is 0 Å². The molecule has 3 N–H and O–H groups in total. The summed E-state index contributed by atoms with van der Waals surface area (Å²) in [5.41, 5.74) is -0.315. The van der Waals surface area contributed by atoms with Crippen molar-refractivity contribution in [1.29, 1.82) is 0 Å². The van der Waals surface area contributed by atoms with Crippen LogP contribution < -0.4 is 9.44 Å². The van der Waals surface area contributed by atoms with E-state index < -0.39 is 41.5 Å². The number of anilines is 2. The average Bonchev–Trinajstić information content (AvgIpc) is 2.72. The number of fused-ring (bicyclic) bond motifs is 1. The minimum absolute atomic E-state index is 0.0137. The zero-order valence-electron chi connectivity index (χ0n) is 16.7. The van der Waals surface area contributed by atoms with Crippen molar-refractivity contribution in [3.05, 3.63) is 90.5 Å². The molecule has 0 heterocycles. The lowest BCUT2D eigenvalue weighted by Crippen LogP contribution is -2.27. The predicted molar refractivity (Wildman–Crippen MR) is 119 cm³/mol. The molecule has 4 rings (SSSR count). The second kappa shape index (κ2) is 8.10. The number of phenols is 1. The Balaban J connectivity index is 2.10. The zero-order valence-corrected chi connectivity index (χ0v) is 18.3. The second-order valence-corrected chi connectivity index (χ2v) is 10.4. The predicted octanol–water partition coefficient (Wildman–Crippen LogP) is 4.00. The van der Waals surface area contributed by atoms with Crippen LogP contribution in [0.25, 0.3) is 10.8 Å². The number of hydrogen-bond acceptors (Lipinski definition) is 5. The smallest absolute Gasteiger partial charge is 0.269 e. The third-order valence-corrected chi connectivity index (χ3v) is 7.49. The van der Waals surface area contributed by atoms with Crippen molar-refractivity contribution >= 4 is 42.2 Å². The van der Waals surface area contributed by atoms with Gasteiger partial charge in [0.25, 0.3) is 10.0 Å². The van der Waals surface area contributed by atoms with Crippen molar-refractivity contribution in [2.24, 2.45) is 5.14 Å². The fourth-order valence-corrected chi connectivity index (χ4v) is 5.75. The molecule has 0 aliphatic carbocycles. The first-order valence-electron chi connectivity index (χ1n) is 9.33. The van der Waals surface area contributed by atoms with Crippen molar-refractivity contribution in [3.63, 3.8) is 0 Å². The van der Waals surface area contributed by atoms with Crippen LogP contribution in [0.1, 0.15) is 0 Å². The average molecular weight is 491 g/mol. The highest BCUT2D eigenvalue weighted by atomic mass is 32.2. The zero-order chi connectivity index (χ0) is 24.0. The molecule has 0 saturated heterocycles. The lowest BCUT2D eigenvalue weighted by atomic mass is 10.1. The van der Waals surface area contributed by atoms with Gasteiger partial charge >= 0.3 is 0 Å². The summed E-state index contributed by atoms with van der Waals surface area (Å²) in [6, 6.07) is 15.0. The number of rotatable bonds is 5. The molecule has 4 aromatic carbocycles. The quantitative estimate of drug-likeness (QED) is 0.439. The normalized spacial score (nSPS) is 12.1. The minimum atomic E-state index is -4.70. The third-order valence-electron chi connectivity index (χ3n) is 4.81. The van der Waals surface area contributed by atoms with E-state index in [0.29, 0.717) is 4.31 Å². The lowest BCUT2D eigenvalue weighted by Gasteiger charge is -2.25. The van der Waals surface area contributed by atoms with E-state index in [1.54, 1.807) is 0 Å². The molecule has 0 aliphatic rings. The summed E-state index contributed by atoms with van der Waals surface area (Å²) < 4.78 is 80.6. The van der Waals surface area contributed by atoms with Gasteiger partial charge in [0.05, 0.1) is 21.2 Å². The molecule has 0 aliphatic heterocycles. The van der Waals surface area contributed by atoms with E-state index in [2.05, 4.69) is 0 Å². The summed E-state index contributed by atoms with van der Waals surface area (Å²) in [6.45, 7) is 0. The maximum Gasteiger partial charge on any atom is 0.269 e. The molecule has 4 aromatic rings. The maximum atomic E-state index is 14.0. The van der Waals surface area contributed by atoms with Gasteiger partial charge in [-0.15, -0.1) is 0 Å². The van der Waals surface area contributed by atoms with E-state index >= 15 is 0 Å². The first-order chi connectivity index (χ1) is 15.5. The van der Waals surface area contributed by atoms with E-state index in [1.165, 1.54) is 36.4 Å². The maximum absolute atomic E-state index is 14.0. The molecule has 0 atom stereocenters. The third kappa shape index (κ3) is 4.38. The standard InChI is InChI=1S/C22H16F2N2O5S2/c23-15-3-1-5-17(10-15)26(18-6-2-4-16(24)11-18)33(30,31)22-13-20(32(25,28)29)9-14-7-8-19(27)12-21(14)22/h1-13,27H,(H2,25,28,29). The SMILES string of the molecule is NS(=O)(=O)c1cc(S(=O)(=O)N(c2cccc(F)c2)c2cccc(F)c2)c2cc(O)ccc2c1. The number of hydrogen-bond donors (Lipinski definition) is 2. The summed E-state index contributed by atoms with van der Waals surface area (Å²) in [6.07, 6.45) is 0. The van der Waals surface area contributed by atoms with Crippen molar-refractivity contribution in [1.82, 2.24) is 0 Å². The Labute approximate surface area is 188 Å². The number of primary sulfonamides is 1. The molecular formula is C22H16F2N2O5S2. The Bertz CT molecular complexity index is 1560. The van der Waals surface area contributed by atoms with Gasteiger partial charge in [0, 0.05) is 5.39 Å². The molecule has 0 unspecified atom stereocenters. The highest BCUT2D eigenvalue weighted by molar-refractivity contribution is 7.93. The summed E-state index contributed by atoms with van der Waals surface area (Å²) >= 11 is 0. The number of benzene rings is 4. The van der Waals surface area contributed by atoms with Gasteiger partial charge in [-0.3, -0.25) is 0 Å². The van der Waals surface area contributed by atoms with E-state index in [9.17, 15) is 30.7 Å². The van der Waals surface area contributed by atoms with Crippen molar-refractivity contribution < 1.29 is 30.7 Å². The molecule has 0 fully saturated rings. The highest BCUT2D eigenvalue weighted by Crippen LogP contribution is 2.37. The van der Waals surface area contributed by atoms with Crippen LogP contribution in [0.15, 0.2) is 88.7 Å². The number of sulfonamides is 2. The Kier molecular flexibility index (Phi) is 5.56. The van der Waals surface area contributed by atoms with Crippen molar-refractivity contribution in [2.45, 2.75) is 9.79 Å². The largest absolute Gasteiger partial charge is 0.508 e. The molecule has 0 spiro atoms. The fraction of sp³-hybridized carbons (Fsp3) is 0. The summed E-state index contributed by atoms with van der Waals surface area (Å²) in [4.78, 5) is -1.02. The molecule has 11 heteroatoms. The Hall–Kier alpha value is -3.54. The van der Waals surface area contributed by atoms with Crippen LogP contribution in [-0.2, 0) is 20.0 Å². The summed E-state index contributed by atoms with van der Waals surface area (Å²) in [7, 11) is -9.02. The van der Waals surface area contributed by atoms with Gasteiger partial charge in [-0.05, 0) is 66.0 Å². The van der Waals surface area contributed by atoms with Gasteiger partial charge in [0.1, 0.15) is 17.4 Å². The van der Waals surface area contributed by atoms with Crippen LogP contribution in [0.4, 0.5) is 20.2 Å². The molecule has 0 saturated carbocycles. The Morgan fingerprint density at radius 2 is 1.33 bits per heavy atom. The Morgan fingerprint density at radius 1 is 0.758 bits per heavy atom. The molecule has 0 aromatic heterocycles. The number of phenolic OH excluding ortho intramolecular Hbond substituents is 1. The molecule has 7 nitrogen and oxygen atoms in total. The topological polar surface area (TPSA) is 118 Å². The molecule has 33 heavy (non-hydrogen) atoms. The molecule has 0 amide bonds. The van der Waals surface area contributed by atoms with E-state index in [0.717, 1.165) is 42.5 Å². The number of nitrogens with zero attached hydrogens (tertiary/aromatic N) is 1. The van der Waals surface area contributed by atoms with Crippen molar-refractivity contribution in [2.75, 3.05) is 4.31 Å². The van der Waals surface area contributed by atoms with Gasteiger partial charge in [-0.2, -0.15) is 0 Å².